The Bertz CT molecular complexity index is 547. The van der Waals surface area contributed by atoms with E-state index in [2.05, 4.69) is 0 Å². The number of hydrogen-bond donors (Lipinski definition) is 0. The maximum Gasteiger partial charge on any atom is 0.156 e. The topological polar surface area (TPSA) is 37.4 Å². The zero-order valence-electron chi connectivity index (χ0n) is 10.3. The molecule has 2 atom stereocenters. The Kier molecular flexibility index (Phi) is 2.92. The molecule has 18 heavy (non-hydrogen) atoms. The van der Waals surface area contributed by atoms with E-state index in [0.29, 0.717) is 18.9 Å². The second kappa shape index (κ2) is 4.44. The van der Waals surface area contributed by atoms with Crippen LogP contribution in [-0.2, 0) is 15.8 Å². The van der Waals surface area contributed by atoms with E-state index in [1.165, 1.54) is 5.56 Å². The van der Waals surface area contributed by atoms with Gasteiger partial charge < -0.3 is 0 Å². The number of nitrogens with zero attached hydrogens (tertiary/aromatic N) is 1. The van der Waals surface area contributed by atoms with Gasteiger partial charge in [0.25, 0.3) is 0 Å². The summed E-state index contributed by atoms with van der Waals surface area (Å²) in [6, 6.07) is 7.79. The fraction of sp³-hybridized carbons (Fsp3) is 0.357. The summed E-state index contributed by atoms with van der Waals surface area (Å²) < 4.78 is 14.3. The van der Waals surface area contributed by atoms with E-state index in [9.17, 15) is 9.00 Å². The molecule has 1 aliphatic heterocycles. The van der Waals surface area contributed by atoms with Crippen LogP contribution in [0, 0.1) is 12.8 Å². The van der Waals surface area contributed by atoms with E-state index in [4.69, 9.17) is 0 Å². The molecule has 0 radical (unpaired) electrons. The molecule has 1 heterocycles. The van der Waals surface area contributed by atoms with Gasteiger partial charge >= 0.3 is 0 Å². The van der Waals surface area contributed by atoms with Crippen LogP contribution in [0.4, 0.5) is 0 Å². The van der Waals surface area contributed by atoms with Crippen LogP contribution in [0.5, 0.6) is 0 Å². The molecule has 1 fully saturated rings. The smallest absolute Gasteiger partial charge is 0.156 e. The fourth-order valence-electron chi connectivity index (χ4n) is 2.56. The van der Waals surface area contributed by atoms with Crippen LogP contribution in [0.2, 0.25) is 0 Å². The summed E-state index contributed by atoms with van der Waals surface area (Å²) in [4.78, 5) is 12.1. The highest BCUT2D eigenvalue weighted by molar-refractivity contribution is 7.82. The van der Waals surface area contributed by atoms with Crippen molar-refractivity contribution in [2.45, 2.75) is 18.2 Å². The zero-order valence-corrected chi connectivity index (χ0v) is 11.1. The van der Waals surface area contributed by atoms with Crippen molar-refractivity contribution in [2.75, 3.05) is 13.1 Å². The van der Waals surface area contributed by atoms with Gasteiger partial charge in [-0.1, -0.05) is 17.7 Å². The molecule has 0 saturated carbocycles. The minimum atomic E-state index is -1.11. The Morgan fingerprint density at radius 3 is 2.67 bits per heavy atom. The second-order valence-electron chi connectivity index (χ2n) is 4.97. The number of rotatable bonds is 2. The largest absolute Gasteiger partial charge is 0.295 e. The quantitative estimate of drug-likeness (QED) is 0.814. The Balaban J connectivity index is 1.77. The van der Waals surface area contributed by atoms with Gasteiger partial charge in [-0.25, -0.2) is 8.51 Å². The van der Waals surface area contributed by atoms with E-state index < -0.39 is 11.0 Å². The van der Waals surface area contributed by atoms with Crippen molar-refractivity contribution in [3.05, 3.63) is 41.5 Å². The molecule has 1 saturated heterocycles. The number of ketones is 1. The summed E-state index contributed by atoms with van der Waals surface area (Å²) in [6.45, 7) is 3.42. The van der Waals surface area contributed by atoms with E-state index in [1.54, 1.807) is 6.08 Å². The highest BCUT2D eigenvalue weighted by Gasteiger charge is 2.35. The van der Waals surface area contributed by atoms with Gasteiger partial charge in [0.15, 0.2) is 5.78 Å². The van der Waals surface area contributed by atoms with Crippen molar-refractivity contribution in [2.24, 2.45) is 5.92 Å². The van der Waals surface area contributed by atoms with E-state index in [1.807, 2.05) is 35.5 Å². The lowest BCUT2D eigenvalue weighted by Crippen LogP contribution is -2.24. The predicted octanol–water partition coefficient (Wildman–Crippen LogP) is 1.85. The van der Waals surface area contributed by atoms with Crippen LogP contribution in [0.25, 0.3) is 0 Å². The molecule has 1 aromatic carbocycles. The minimum Gasteiger partial charge on any atom is -0.295 e. The summed E-state index contributed by atoms with van der Waals surface area (Å²) in [6.07, 6.45) is 2.33. The fourth-order valence-corrected chi connectivity index (χ4v) is 3.81. The molecule has 0 bridgehead atoms. The molecule has 0 spiro atoms. The lowest BCUT2D eigenvalue weighted by Gasteiger charge is -2.14. The SMILES string of the molecule is Cc1ccc(S(=O)N2CC3=CC(=O)C[C@@H]3C2)cc1. The predicted molar refractivity (Wildman–Crippen MR) is 70.4 cm³/mol. The molecule has 2 aliphatic rings. The van der Waals surface area contributed by atoms with Gasteiger partial charge in [-0.2, -0.15) is 0 Å². The van der Waals surface area contributed by atoms with Gasteiger partial charge in [-0.15, -0.1) is 0 Å². The molecular formula is C14H15NO2S. The van der Waals surface area contributed by atoms with Crippen LogP contribution in [0.1, 0.15) is 12.0 Å². The highest BCUT2D eigenvalue weighted by Crippen LogP contribution is 2.32. The number of benzene rings is 1. The first-order valence-electron chi connectivity index (χ1n) is 6.10. The summed E-state index contributed by atoms with van der Waals surface area (Å²) in [7, 11) is -1.11. The second-order valence-corrected chi connectivity index (χ2v) is 6.46. The molecule has 3 nitrogen and oxygen atoms in total. The standard InChI is InChI=1S/C14H15NO2S/c1-10-2-4-14(5-3-10)18(17)15-8-11-6-13(16)7-12(11)9-15/h2-6,12H,7-9H2,1H3/t12-,18?/m1/s1. The van der Waals surface area contributed by atoms with Crippen molar-refractivity contribution < 1.29 is 9.00 Å². The van der Waals surface area contributed by atoms with Gasteiger partial charge in [0.05, 0.1) is 4.90 Å². The van der Waals surface area contributed by atoms with Gasteiger partial charge in [0.1, 0.15) is 11.0 Å². The third-order valence-corrected chi connectivity index (χ3v) is 4.98. The lowest BCUT2D eigenvalue weighted by molar-refractivity contribution is -0.114. The molecule has 0 aromatic heterocycles. The van der Waals surface area contributed by atoms with E-state index in [0.717, 1.165) is 17.0 Å². The molecular weight excluding hydrogens is 246 g/mol. The molecule has 1 unspecified atom stereocenters. The molecule has 0 N–H and O–H groups in total. The van der Waals surface area contributed by atoms with Crippen molar-refractivity contribution in [3.63, 3.8) is 0 Å². The first kappa shape index (κ1) is 11.8. The molecule has 4 heteroatoms. The van der Waals surface area contributed by atoms with Gasteiger partial charge in [-0.3, -0.25) is 4.79 Å². The Morgan fingerprint density at radius 1 is 1.28 bits per heavy atom. The van der Waals surface area contributed by atoms with Gasteiger partial charge in [-0.05, 0) is 30.7 Å². The van der Waals surface area contributed by atoms with Crippen molar-refractivity contribution in [1.82, 2.24) is 4.31 Å². The van der Waals surface area contributed by atoms with Crippen LogP contribution < -0.4 is 0 Å². The van der Waals surface area contributed by atoms with Gasteiger partial charge in [0, 0.05) is 25.4 Å². The van der Waals surface area contributed by atoms with Crippen molar-refractivity contribution in [3.8, 4) is 0 Å². The first-order chi connectivity index (χ1) is 8.63. The maximum absolute atomic E-state index is 12.4. The normalized spacial score (nSPS) is 25.1. The van der Waals surface area contributed by atoms with Crippen LogP contribution in [0.15, 0.2) is 40.8 Å². The summed E-state index contributed by atoms with van der Waals surface area (Å²) in [5, 5.41) is 0. The number of aryl methyl sites for hydroxylation is 1. The monoisotopic (exact) mass is 261 g/mol. The minimum absolute atomic E-state index is 0.218. The number of allylic oxidation sites excluding steroid dienone is 1. The molecule has 1 aliphatic carbocycles. The summed E-state index contributed by atoms with van der Waals surface area (Å²) >= 11 is 0. The van der Waals surface area contributed by atoms with Crippen LogP contribution in [0.3, 0.4) is 0 Å². The average molecular weight is 261 g/mol. The number of hydrogen-bond acceptors (Lipinski definition) is 2. The maximum atomic E-state index is 12.4. The highest BCUT2D eigenvalue weighted by atomic mass is 32.2. The van der Waals surface area contributed by atoms with E-state index >= 15 is 0 Å². The van der Waals surface area contributed by atoms with Crippen LogP contribution >= 0.6 is 0 Å². The Morgan fingerprint density at radius 2 is 2.00 bits per heavy atom. The third kappa shape index (κ3) is 2.06. The molecule has 1 aromatic rings. The molecule has 0 amide bonds. The lowest BCUT2D eigenvalue weighted by atomic mass is 10.1. The number of carbonyl (C=O) groups is 1. The number of fused-ring (bicyclic) bond motifs is 1. The van der Waals surface area contributed by atoms with E-state index in [-0.39, 0.29) is 5.78 Å². The molecule has 3 rings (SSSR count). The average Bonchev–Trinajstić information content (AvgIpc) is 2.86. The Hall–Kier alpha value is -1.26. The molecule has 94 valence electrons. The van der Waals surface area contributed by atoms with Crippen LogP contribution in [-0.4, -0.2) is 27.4 Å². The van der Waals surface area contributed by atoms with Crippen molar-refractivity contribution >= 4 is 16.8 Å². The summed E-state index contributed by atoms with van der Waals surface area (Å²) in [5.74, 6) is 0.516. The summed E-state index contributed by atoms with van der Waals surface area (Å²) in [5.41, 5.74) is 2.32. The van der Waals surface area contributed by atoms with Gasteiger partial charge in [0.2, 0.25) is 0 Å². The first-order valence-corrected chi connectivity index (χ1v) is 7.21. The number of carbonyl (C=O) groups excluding carboxylic acids is 1. The Labute approximate surface area is 109 Å². The third-order valence-electron chi connectivity index (χ3n) is 3.56. The zero-order chi connectivity index (χ0) is 12.7. The van der Waals surface area contributed by atoms with Crippen molar-refractivity contribution in [1.29, 1.82) is 0 Å².